The van der Waals surface area contributed by atoms with Gasteiger partial charge in [0, 0.05) is 0 Å². The SMILES string of the molecule is CCCC1Oc2ccccc2S1. The lowest BCUT2D eigenvalue weighted by atomic mass is 10.3. The third kappa shape index (κ3) is 1.44. The maximum absolute atomic E-state index is 5.71. The van der Waals surface area contributed by atoms with E-state index in [0.29, 0.717) is 5.44 Å². The zero-order chi connectivity index (χ0) is 8.39. The Morgan fingerprint density at radius 1 is 1.42 bits per heavy atom. The Morgan fingerprint density at radius 2 is 2.25 bits per heavy atom. The Morgan fingerprint density at radius 3 is 3.00 bits per heavy atom. The molecule has 0 saturated heterocycles. The molecule has 1 heterocycles. The second-order valence-electron chi connectivity index (χ2n) is 2.90. The molecule has 2 heteroatoms. The van der Waals surface area contributed by atoms with Gasteiger partial charge in [0.2, 0.25) is 0 Å². The molecule has 1 aromatic carbocycles. The molecule has 1 aromatic rings. The van der Waals surface area contributed by atoms with Crippen molar-refractivity contribution in [2.45, 2.75) is 30.1 Å². The molecule has 12 heavy (non-hydrogen) atoms. The fourth-order valence-electron chi connectivity index (χ4n) is 1.31. The molecule has 0 N–H and O–H groups in total. The fraction of sp³-hybridized carbons (Fsp3) is 0.400. The summed E-state index contributed by atoms with van der Waals surface area (Å²) in [6.45, 7) is 2.19. The van der Waals surface area contributed by atoms with E-state index < -0.39 is 0 Å². The molecule has 1 atom stereocenters. The quantitative estimate of drug-likeness (QED) is 0.690. The second kappa shape index (κ2) is 3.40. The summed E-state index contributed by atoms with van der Waals surface area (Å²) in [7, 11) is 0. The van der Waals surface area contributed by atoms with Crippen molar-refractivity contribution in [3.05, 3.63) is 24.3 Å². The van der Waals surface area contributed by atoms with Crippen LogP contribution in [0, 0.1) is 0 Å². The molecule has 0 amide bonds. The Labute approximate surface area is 77.1 Å². The lowest BCUT2D eigenvalue weighted by Gasteiger charge is -2.06. The molecule has 0 aromatic heterocycles. The van der Waals surface area contributed by atoms with Gasteiger partial charge in [-0.25, -0.2) is 0 Å². The van der Waals surface area contributed by atoms with Gasteiger partial charge in [-0.15, -0.1) is 0 Å². The molecular weight excluding hydrogens is 168 g/mol. The van der Waals surface area contributed by atoms with Crippen molar-refractivity contribution in [1.29, 1.82) is 0 Å². The Kier molecular flexibility index (Phi) is 2.26. The summed E-state index contributed by atoms with van der Waals surface area (Å²) in [5, 5.41) is 0. The standard InChI is InChI=1S/C10H12OS/c1-2-5-10-11-8-6-3-4-7-9(8)12-10/h3-4,6-7,10H,2,5H2,1H3. The van der Waals surface area contributed by atoms with Crippen molar-refractivity contribution in [3.63, 3.8) is 0 Å². The monoisotopic (exact) mass is 180 g/mol. The Hall–Kier alpha value is -0.630. The van der Waals surface area contributed by atoms with Crippen LogP contribution in [0.2, 0.25) is 0 Å². The van der Waals surface area contributed by atoms with Crippen LogP contribution in [0.25, 0.3) is 0 Å². The van der Waals surface area contributed by atoms with E-state index in [2.05, 4.69) is 19.1 Å². The van der Waals surface area contributed by atoms with Gasteiger partial charge in [-0.05, 0) is 18.6 Å². The second-order valence-corrected chi connectivity index (χ2v) is 4.10. The third-order valence-electron chi connectivity index (χ3n) is 1.89. The highest BCUT2D eigenvalue weighted by Gasteiger charge is 2.21. The van der Waals surface area contributed by atoms with Crippen LogP contribution in [0.15, 0.2) is 29.2 Å². The summed E-state index contributed by atoms with van der Waals surface area (Å²) < 4.78 is 5.71. The number of thioether (sulfide) groups is 1. The first-order valence-electron chi connectivity index (χ1n) is 4.32. The van der Waals surface area contributed by atoms with Crippen molar-refractivity contribution >= 4 is 11.8 Å². The Bertz CT molecular complexity index is 247. The predicted octanol–water partition coefficient (Wildman–Crippen LogP) is 3.30. The lowest BCUT2D eigenvalue weighted by molar-refractivity contribution is 0.282. The van der Waals surface area contributed by atoms with Gasteiger partial charge in [-0.1, -0.05) is 37.2 Å². The molecule has 64 valence electrons. The smallest absolute Gasteiger partial charge is 0.149 e. The summed E-state index contributed by atoms with van der Waals surface area (Å²) in [6, 6.07) is 8.24. The molecule has 1 aliphatic rings. The van der Waals surface area contributed by atoms with Crippen molar-refractivity contribution in [3.8, 4) is 5.75 Å². The minimum atomic E-state index is 0.354. The molecule has 1 aliphatic heterocycles. The van der Waals surface area contributed by atoms with Crippen molar-refractivity contribution in [1.82, 2.24) is 0 Å². The van der Waals surface area contributed by atoms with Gasteiger partial charge in [-0.2, -0.15) is 0 Å². The van der Waals surface area contributed by atoms with Gasteiger partial charge < -0.3 is 4.74 Å². The van der Waals surface area contributed by atoms with Gasteiger partial charge in [-0.3, -0.25) is 0 Å². The maximum atomic E-state index is 5.71. The minimum absolute atomic E-state index is 0.354. The molecule has 0 fully saturated rings. The van der Waals surface area contributed by atoms with Crippen LogP contribution < -0.4 is 4.74 Å². The normalized spacial score (nSPS) is 20.2. The van der Waals surface area contributed by atoms with Crippen LogP contribution in [-0.4, -0.2) is 5.44 Å². The third-order valence-corrected chi connectivity index (χ3v) is 3.08. The van der Waals surface area contributed by atoms with Crippen molar-refractivity contribution in [2.75, 3.05) is 0 Å². The number of fused-ring (bicyclic) bond motifs is 1. The van der Waals surface area contributed by atoms with Gasteiger partial charge in [0.1, 0.15) is 11.2 Å². The van der Waals surface area contributed by atoms with E-state index in [1.165, 1.54) is 11.3 Å². The van der Waals surface area contributed by atoms with E-state index in [4.69, 9.17) is 4.74 Å². The molecule has 1 nitrogen and oxygen atoms in total. The Balaban J connectivity index is 2.11. The molecule has 2 rings (SSSR count). The number of hydrogen-bond donors (Lipinski definition) is 0. The average Bonchev–Trinajstić information content (AvgIpc) is 2.47. The number of benzene rings is 1. The predicted molar refractivity (Wildman–Crippen MR) is 51.6 cm³/mol. The summed E-state index contributed by atoms with van der Waals surface area (Å²) in [4.78, 5) is 1.29. The maximum Gasteiger partial charge on any atom is 0.149 e. The summed E-state index contributed by atoms with van der Waals surface area (Å²) in [5.74, 6) is 1.06. The van der Waals surface area contributed by atoms with Crippen molar-refractivity contribution in [2.24, 2.45) is 0 Å². The van der Waals surface area contributed by atoms with E-state index in [9.17, 15) is 0 Å². The van der Waals surface area contributed by atoms with Crippen LogP contribution in [-0.2, 0) is 0 Å². The largest absolute Gasteiger partial charge is 0.478 e. The van der Waals surface area contributed by atoms with Crippen LogP contribution in [0.1, 0.15) is 19.8 Å². The first kappa shape index (κ1) is 7.99. The summed E-state index contributed by atoms with van der Waals surface area (Å²) in [6.07, 6.45) is 2.32. The van der Waals surface area contributed by atoms with E-state index in [1.807, 2.05) is 23.9 Å². The van der Waals surface area contributed by atoms with Gasteiger partial charge in [0.25, 0.3) is 0 Å². The molecule has 0 aliphatic carbocycles. The fourth-order valence-corrected chi connectivity index (χ4v) is 2.48. The molecule has 0 saturated carbocycles. The number of ether oxygens (including phenoxy) is 1. The highest BCUT2D eigenvalue weighted by atomic mass is 32.2. The highest BCUT2D eigenvalue weighted by Crippen LogP contribution is 2.41. The summed E-state index contributed by atoms with van der Waals surface area (Å²) >= 11 is 1.84. The summed E-state index contributed by atoms with van der Waals surface area (Å²) in [5.41, 5.74) is 0.354. The van der Waals surface area contributed by atoms with E-state index in [0.717, 1.165) is 12.2 Å². The minimum Gasteiger partial charge on any atom is -0.478 e. The van der Waals surface area contributed by atoms with E-state index in [1.54, 1.807) is 0 Å². The highest BCUT2D eigenvalue weighted by molar-refractivity contribution is 8.00. The van der Waals surface area contributed by atoms with E-state index in [-0.39, 0.29) is 0 Å². The first-order chi connectivity index (χ1) is 5.90. The number of rotatable bonds is 2. The van der Waals surface area contributed by atoms with E-state index >= 15 is 0 Å². The van der Waals surface area contributed by atoms with Crippen molar-refractivity contribution < 1.29 is 4.74 Å². The molecule has 1 unspecified atom stereocenters. The van der Waals surface area contributed by atoms with Crippen LogP contribution in [0.3, 0.4) is 0 Å². The van der Waals surface area contributed by atoms with Crippen LogP contribution in [0.5, 0.6) is 5.75 Å². The van der Waals surface area contributed by atoms with Gasteiger partial charge in [0.05, 0.1) is 4.90 Å². The van der Waals surface area contributed by atoms with Crippen LogP contribution >= 0.6 is 11.8 Å². The molecular formula is C10H12OS. The van der Waals surface area contributed by atoms with Gasteiger partial charge >= 0.3 is 0 Å². The van der Waals surface area contributed by atoms with Gasteiger partial charge in [0.15, 0.2) is 0 Å². The molecule has 0 radical (unpaired) electrons. The topological polar surface area (TPSA) is 9.23 Å². The zero-order valence-electron chi connectivity index (χ0n) is 7.12. The average molecular weight is 180 g/mol. The zero-order valence-corrected chi connectivity index (χ0v) is 7.93. The first-order valence-corrected chi connectivity index (χ1v) is 5.20. The number of para-hydroxylation sites is 1. The number of hydrogen-bond acceptors (Lipinski definition) is 2. The lowest BCUT2D eigenvalue weighted by Crippen LogP contribution is -2.05. The molecule has 0 spiro atoms. The molecule has 0 bridgehead atoms. The van der Waals surface area contributed by atoms with Crippen LogP contribution in [0.4, 0.5) is 0 Å².